The molecule has 0 aromatic heterocycles. The third-order valence-corrected chi connectivity index (χ3v) is 7.06. The van der Waals surface area contributed by atoms with Crippen molar-refractivity contribution in [1.82, 2.24) is 5.32 Å². The van der Waals surface area contributed by atoms with Crippen LogP contribution in [0.5, 0.6) is 5.75 Å². The lowest BCUT2D eigenvalue weighted by Gasteiger charge is -2.37. The number of ether oxygens (including phenoxy) is 3. The van der Waals surface area contributed by atoms with Crippen molar-refractivity contribution in [1.29, 1.82) is 0 Å². The number of nitrogens with one attached hydrogen (secondary N) is 2. The van der Waals surface area contributed by atoms with Crippen LogP contribution in [-0.4, -0.2) is 61.6 Å². The van der Waals surface area contributed by atoms with Crippen LogP contribution in [0, 0.1) is 11.8 Å². The molecule has 174 valence electrons. The molecule has 0 bridgehead atoms. The maximum atomic E-state index is 12.6. The van der Waals surface area contributed by atoms with Crippen molar-refractivity contribution in [3.05, 3.63) is 23.8 Å². The van der Waals surface area contributed by atoms with E-state index in [-0.39, 0.29) is 48.9 Å². The van der Waals surface area contributed by atoms with Crippen LogP contribution >= 0.6 is 0 Å². The molecule has 1 aliphatic carbocycles. The van der Waals surface area contributed by atoms with Crippen LogP contribution < -0.4 is 15.4 Å². The fraction of sp³-hybridized carbons (Fsp3) is 0.667. The zero-order valence-corrected chi connectivity index (χ0v) is 18.3. The number of rotatable bonds is 7. The average Bonchev–Trinajstić information content (AvgIpc) is 3.58. The quantitative estimate of drug-likeness (QED) is 0.594. The third kappa shape index (κ3) is 4.77. The second-order valence-electron chi connectivity index (χ2n) is 9.48. The second-order valence-corrected chi connectivity index (χ2v) is 9.48. The molecule has 2 amide bonds. The largest absolute Gasteiger partial charge is 0.487 e. The maximum absolute atomic E-state index is 12.6. The van der Waals surface area contributed by atoms with E-state index in [9.17, 15) is 14.7 Å². The highest BCUT2D eigenvalue weighted by molar-refractivity contribution is 5.92. The molecule has 3 aliphatic heterocycles. The van der Waals surface area contributed by atoms with Gasteiger partial charge in [0.1, 0.15) is 18.0 Å². The Balaban J connectivity index is 1.26. The van der Waals surface area contributed by atoms with Crippen LogP contribution in [0.3, 0.4) is 0 Å². The van der Waals surface area contributed by atoms with Gasteiger partial charge in [-0.05, 0) is 56.2 Å². The number of hydrogen-bond acceptors (Lipinski definition) is 6. The van der Waals surface area contributed by atoms with Gasteiger partial charge < -0.3 is 30.0 Å². The molecule has 2 saturated heterocycles. The summed E-state index contributed by atoms with van der Waals surface area (Å²) in [4.78, 5) is 25.0. The molecule has 8 heteroatoms. The Hall–Kier alpha value is -2.16. The molecule has 3 N–H and O–H groups in total. The van der Waals surface area contributed by atoms with E-state index in [4.69, 9.17) is 14.2 Å². The molecule has 1 aromatic rings. The molecule has 0 unspecified atom stereocenters. The fourth-order valence-corrected chi connectivity index (χ4v) is 5.03. The minimum atomic E-state index is -0.484. The normalized spacial score (nSPS) is 29.5. The minimum absolute atomic E-state index is 0.00588. The first-order chi connectivity index (χ1) is 15.6. The van der Waals surface area contributed by atoms with E-state index in [1.54, 1.807) is 0 Å². The van der Waals surface area contributed by atoms with Crippen molar-refractivity contribution in [3.8, 4) is 5.75 Å². The first-order valence-corrected chi connectivity index (χ1v) is 11.8. The summed E-state index contributed by atoms with van der Waals surface area (Å²) >= 11 is 0. The molecular weight excluding hydrogens is 412 g/mol. The monoisotopic (exact) mass is 444 g/mol. The topological polar surface area (TPSA) is 106 Å². The fourth-order valence-electron chi connectivity index (χ4n) is 5.03. The van der Waals surface area contributed by atoms with Gasteiger partial charge in [-0.15, -0.1) is 0 Å². The van der Waals surface area contributed by atoms with E-state index in [0.717, 1.165) is 36.4 Å². The molecular formula is C24H32N2O6. The van der Waals surface area contributed by atoms with Crippen molar-refractivity contribution in [2.75, 3.05) is 31.7 Å². The highest BCUT2D eigenvalue weighted by Gasteiger charge is 2.46. The summed E-state index contributed by atoms with van der Waals surface area (Å²) < 4.78 is 17.5. The van der Waals surface area contributed by atoms with Gasteiger partial charge in [0, 0.05) is 42.8 Å². The number of hydrogen-bond donors (Lipinski definition) is 3. The van der Waals surface area contributed by atoms with Gasteiger partial charge in [-0.1, -0.05) is 0 Å². The van der Waals surface area contributed by atoms with Crippen molar-refractivity contribution in [2.45, 2.75) is 62.8 Å². The highest BCUT2D eigenvalue weighted by Crippen LogP contribution is 2.47. The van der Waals surface area contributed by atoms with Crippen LogP contribution in [0.25, 0.3) is 0 Å². The molecule has 3 fully saturated rings. The maximum Gasteiger partial charge on any atom is 0.227 e. The Kier molecular flexibility index (Phi) is 6.35. The Morgan fingerprint density at radius 3 is 2.69 bits per heavy atom. The van der Waals surface area contributed by atoms with E-state index in [1.165, 1.54) is 12.8 Å². The first-order valence-electron chi connectivity index (χ1n) is 11.8. The van der Waals surface area contributed by atoms with Gasteiger partial charge in [0.15, 0.2) is 0 Å². The number of aliphatic hydroxyl groups excluding tert-OH is 1. The molecule has 0 spiro atoms. The zero-order valence-electron chi connectivity index (χ0n) is 18.3. The molecule has 32 heavy (non-hydrogen) atoms. The van der Waals surface area contributed by atoms with Gasteiger partial charge in [-0.25, -0.2) is 0 Å². The van der Waals surface area contributed by atoms with E-state index in [1.807, 2.05) is 18.2 Å². The van der Waals surface area contributed by atoms with Gasteiger partial charge in [0.05, 0.1) is 19.1 Å². The zero-order chi connectivity index (χ0) is 22.1. The third-order valence-electron chi connectivity index (χ3n) is 7.06. The van der Waals surface area contributed by atoms with Crippen molar-refractivity contribution in [2.24, 2.45) is 11.8 Å². The Morgan fingerprint density at radius 2 is 1.94 bits per heavy atom. The van der Waals surface area contributed by atoms with Gasteiger partial charge in [-0.3, -0.25) is 9.59 Å². The van der Waals surface area contributed by atoms with Crippen LogP contribution in [0.15, 0.2) is 18.2 Å². The molecule has 5 rings (SSSR count). The number of anilines is 1. The number of benzene rings is 1. The lowest BCUT2D eigenvalue weighted by Crippen LogP contribution is -2.47. The number of amides is 2. The molecule has 1 saturated carbocycles. The number of aliphatic hydroxyl groups is 1. The second kappa shape index (κ2) is 9.37. The standard InChI is InChI=1S/C24H32N2O6/c27-13-21-23-19(10-17(31-21)11-22(28)25-12-14-1-2-14)18-9-16(3-4-20(18)32-23)26-24(29)15-5-7-30-8-6-15/h3-4,9,14-15,17,19,21,23,27H,1-2,5-8,10-13H2,(H,25,28)(H,26,29)/t17-,19-,21+,23+/m0/s1. The van der Waals surface area contributed by atoms with Crippen LogP contribution in [-0.2, 0) is 19.1 Å². The van der Waals surface area contributed by atoms with Gasteiger partial charge in [0.25, 0.3) is 0 Å². The van der Waals surface area contributed by atoms with E-state index in [2.05, 4.69) is 10.6 Å². The van der Waals surface area contributed by atoms with E-state index in [0.29, 0.717) is 25.6 Å². The van der Waals surface area contributed by atoms with Crippen molar-refractivity contribution in [3.63, 3.8) is 0 Å². The van der Waals surface area contributed by atoms with E-state index < -0.39 is 6.10 Å². The summed E-state index contributed by atoms with van der Waals surface area (Å²) in [6, 6.07) is 5.70. The predicted octanol–water partition coefficient (Wildman–Crippen LogP) is 1.96. The molecule has 0 radical (unpaired) electrons. The Bertz CT molecular complexity index is 851. The Morgan fingerprint density at radius 1 is 1.12 bits per heavy atom. The van der Waals surface area contributed by atoms with Crippen LogP contribution in [0.2, 0.25) is 0 Å². The highest BCUT2D eigenvalue weighted by atomic mass is 16.6. The summed E-state index contributed by atoms with van der Waals surface area (Å²) in [5.74, 6) is 1.39. The van der Waals surface area contributed by atoms with Crippen LogP contribution in [0.4, 0.5) is 5.69 Å². The molecule has 4 atom stereocenters. The van der Waals surface area contributed by atoms with E-state index >= 15 is 0 Å². The lowest BCUT2D eigenvalue weighted by molar-refractivity contribution is -0.142. The van der Waals surface area contributed by atoms with Gasteiger partial charge in [0.2, 0.25) is 11.8 Å². The molecule has 3 heterocycles. The number of carbonyl (C=O) groups is 2. The van der Waals surface area contributed by atoms with Crippen molar-refractivity contribution < 1.29 is 28.9 Å². The van der Waals surface area contributed by atoms with Gasteiger partial charge in [-0.2, -0.15) is 0 Å². The number of carbonyl (C=O) groups excluding carboxylic acids is 2. The molecule has 4 aliphatic rings. The summed E-state index contributed by atoms with van der Waals surface area (Å²) in [7, 11) is 0. The summed E-state index contributed by atoms with van der Waals surface area (Å²) in [6.07, 6.45) is 3.74. The summed E-state index contributed by atoms with van der Waals surface area (Å²) in [5.41, 5.74) is 1.75. The lowest BCUT2D eigenvalue weighted by atomic mass is 9.84. The molecule has 8 nitrogen and oxygen atoms in total. The summed E-state index contributed by atoms with van der Waals surface area (Å²) in [6.45, 7) is 1.82. The molecule has 1 aromatic carbocycles. The SMILES string of the molecule is O=C(C[C@@H]1C[C@H]2c3cc(NC(=O)C4CCOCC4)ccc3O[C@H]2[C@@H](CO)O1)NCC1CC1. The minimum Gasteiger partial charge on any atom is -0.487 e. The van der Waals surface area contributed by atoms with Crippen molar-refractivity contribution >= 4 is 17.5 Å². The van der Waals surface area contributed by atoms with Gasteiger partial charge >= 0.3 is 0 Å². The van der Waals surface area contributed by atoms with Crippen LogP contribution in [0.1, 0.15) is 50.0 Å². The Labute approximate surface area is 188 Å². The smallest absolute Gasteiger partial charge is 0.227 e. The average molecular weight is 445 g/mol. The predicted molar refractivity (Wildman–Crippen MR) is 116 cm³/mol. The first kappa shape index (κ1) is 21.7. The number of fused-ring (bicyclic) bond motifs is 3. The summed E-state index contributed by atoms with van der Waals surface area (Å²) in [5, 5.41) is 15.9.